The summed E-state index contributed by atoms with van der Waals surface area (Å²) in [6.07, 6.45) is 29.0. The van der Waals surface area contributed by atoms with Gasteiger partial charge in [0.05, 0.1) is 78.0 Å². The fourth-order valence-electron chi connectivity index (χ4n) is 20.6. The largest absolute Gasteiger partial charge is 0.389 e. The van der Waals surface area contributed by atoms with Gasteiger partial charge in [-0.25, -0.2) is 59.8 Å². The Morgan fingerprint density at radius 3 is 1.16 bits per heavy atom. The number of hydrogen-bond acceptors (Lipinski definition) is 35. The van der Waals surface area contributed by atoms with Gasteiger partial charge in [-0.15, -0.1) is 0 Å². The van der Waals surface area contributed by atoms with E-state index < -0.39 is 5.60 Å². The van der Waals surface area contributed by atoms with E-state index in [0.717, 1.165) is 228 Å². The second kappa shape index (κ2) is 29.9. The van der Waals surface area contributed by atoms with E-state index in [4.69, 9.17) is 77.0 Å². The molecule has 15 saturated heterocycles. The van der Waals surface area contributed by atoms with Crippen LogP contribution in [-0.2, 0) is 14.2 Å². The Labute approximate surface area is 669 Å². The Hall–Kier alpha value is -10.0. The highest BCUT2D eigenvalue weighted by atomic mass is 16.5. The molecule has 0 radical (unpaired) electrons. The van der Waals surface area contributed by atoms with E-state index in [2.05, 4.69) is 119 Å². The maximum Gasteiger partial charge on any atom is 0.228 e. The van der Waals surface area contributed by atoms with E-state index in [1.54, 1.807) is 56.7 Å². The zero-order valence-corrected chi connectivity index (χ0v) is 66.1. The van der Waals surface area contributed by atoms with Crippen molar-refractivity contribution >= 4 is 70.9 Å². The SMILES string of the molecule is CC(C)(O)CN1C[C@@H]2C[C@H]1CN2c1cc(-c2cnc(N)nc2)nc(N2CC3CC2C3)n1.CN1CCCC12CN(c1nc(-c3cnc(N)nc3)cc(N3C[C@@H]4C[C@H]3CO4)n1)C2.COCCN1C[C@@H]2C[C@H]1CN2c1cc(-c2cnc(N)nc2)nc(N2CC3CC2C3)n1.Nc1ncc(-c2cc(N3C[C@@H]4C[C@H]3CO4)nc(N3CCCC3)n2)cn1. The van der Waals surface area contributed by atoms with Gasteiger partial charge in [-0.1, -0.05) is 0 Å². The molecule has 8 aromatic rings. The number of aromatic nitrogens is 16. The molecule has 17 aliphatic rings. The summed E-state index contributed by atoms with van der Waals surface area (Å²) in [6.45, 7) is 20.9. The van der Waals surface area contributed by atoms with Crippen molar-refractivity contribution in [2.45, 2.75) is 163 Å². The molecule has 12 bridgehead atoms. The molecule has 17 fully saturated rings. The fraction of sp³-hybridized carbons (Fsp3) is 0.600. The molecule has 2 aliphatic carbocycles. The third-order valence-electron chi connectivity index (χ3n) is 26.8. The number of nitrogens with two attached hydrogens (primary N) is 4. The lowest BCUT2D eigenvalue weighted by molar-refractivity contribution is 0.0299. The number of nitrogen functional groups attached to an aromatic ring is 4. The van der Waals surface area contributed by atoms with Gasteiger partial charge in [-0.2, -0.15) is 19.9 Å². The van der Waals surface area contributed by atoms with Crippen LogP contribution in [0.5, 0.6) is 0 Å². The molecule has 35 heteroatoms. The van der Waals surface area contributed by atoms with Crippen LogP contribution < -0.4 is 62.1 Å². The van der Waals surface area contributed by atoms with E-state index in [9.17, 15) is 5.11 Å². The van der Waals surface area contributed by atoms with E-state index in [-0.39, 0.29) is 23.8 Å². The van der Waals surface area contributed by atoms with Gasteiger partial charge in [0.2, 0.25) is 47.6 Å². The second-order valence-electron chi connectivity index (χ2n) is 35.2. The summed E-state index contributed by atoms with van der Waals surface area (Å²) in [6, 6.07) is 12.2. The molecule has 35 nitrogen and oxygen atoms in total. The molecule has 15 aliphatic heterocycles. The monoisotopic (exact) mass is 1560 g/mol. The van der Waals surface area contributed by atoms with Gasteiger partial charge in [-0.05, 0) is 116 Å². The summed E-state index contributed by atoms with van der Waals surface area (Å²) in [5.41, 5.74) is 29.2. The summed E-state index contributed by atoms with van der Waals surface area (Å²) < 4.78 is 16.8. The van der Waals surface area contributed by atoms with Gasteiger partial charge < -0.3 is 81.5 Å². The summed E-state index contributed by atoms with van der Waals surface area (Å²) >= 11 is 0. The number of anilines is 12. The van der Waals surface area contributed by atoms with Crippen molar-refractivity contribution in [3.8, 4) is 45.0 Å². The first-order valence-corrected chi connectivity index (χ1v) is 41.5. The number of fused-ring (bicyclic) bond motifs is 10. The number of piperazine rings is 2. The molecule has 0 amide bonds. The molecule has 8 aromatic heterocycles. The highest BCUT2D eigenvalue weighted by Gasteiger charge is 2.52. The van der Waals surface area contributed by atoms with Crippen LogP contribution in [0.4, 0.5) is 70.9 Å². The van der Waals surface area contributed by atoms with Crippen LogP contribution in [0.1, 0.15) is 90.9 Å². The maximum atomic E-state index is 10.3. The Kier molecular flexibility index (Phi) is 19.2. The molecule has 23 heterocycles. The minimum atomic E-state index is -0.670. The van der Waals surface area contributed by atoms with Gasteiger partial charge in [0.1, 0.15) is 23.3 Å². The van der Waals surface area contributed by atoms with E-state index in [1.165, 1.54) is 64.3 Å². The molecule has 9 N–H and O–H groups in total. The topological polar surface area (TPSA) is 394 Å². The predicted molar refractivity (Wildman–Crippen MR) is 437 cm³/mol. The number of nitrogens with zero attached hydrogens (tertiary/aromatic N) is 27. The van der Waals surface area contributed by atoms with Gasteiger partial charge in [0.15, 0.2) is 0 Å². The Morgan fingerprint density at radius 2 is 0.817 bits per heavy atom. The molecule has 115 heavy (non-hydrogen) atoms. The maximum absolute atomic E-state index is 10.3. The van der Waals surface area contributed by atoms with Crippen molar-refractivity contribution in [2.24, 2.45) is 11.8 Å². The normalized spacial score (nSPS) is 28.2. The second-order valence-corrected chi connectivity index (χ2v) is 35.2. The first kappa shape index (κ1) is 73.8. The molecule has 8 atom stereocenters. The van der Waals surface area contributed by atoms with E-state index in [1.807, 2.05) is 19.9 Å². The summed E-state index contributed by atoms with van der Waals surface area (Å²) in [7, 11) is 4.01. The first-order valence-electron chi connectivity index (χ1n) is 41.5. The molecule has 25 rings (SSSR count). The lowest BCUT2D eigenvalue weighted by Crippen LogP contribution is -2.67. The highest BCUT2D eigenvalue weighted by molar-refractivity contribution is 5.70. The number of methoxy groups -OCH3 is 1. The quantitative estimate of drug-likeness (QED) is 0.0858. The van der Waals surface area contributed by atoms with Gasteiger partial charge >= 0.3 is 0 Å². The van der Waals surface area contributed by atoms with Crippen LogP contribution in [-0.4, -0.2) is 303 Å². The number of β-amino-alcohol motifs (C(OH)–C–C–N with tert-alkyl or cyclic N) is 1. The Morgan fingerprint density at radius 1 is 0.426 bits per heavy atom. The summed E-state index contributed by atoms with van der Waals surface area (Å²) in [4.78, 5) is 99.1. The van der Waals surface area contributed by atoms with Crippen LogP contribution >= 0.6 is 0 Å². The van der Waals surface area contributed by atoms with E-state index >= 15 is 0 Å². The molecule has 604 valence electrons. The zero-order chi connectivity index (χ0) is 78.0. The number of ether oxygens (including phenoxy) is 3. The standard InChI is InChI=1S/C22H30N8O.C21H28N8O.C20H26N8O.C17H21N7O/c1-22(2,31)12-28-10-17-5-16(28)11-29(17)19-6-18(14-7-24-20(23)25-8-14)26-21(27-19)30-9-13-3-15(30)4-13;1-30-3-2-27-11-17-6-16(27)12-28(17)19-7-18(14-8-23-20(22)24-9-14)25-21(26-19)29-10-13-4-15(29)5-13;1-26-4-2-3-20(26)11-27(12-20)19-24-16(13-7-22-18(21)23-8-13)6-17(25-19)28-9-15-5-14(28)10-29-15;18-16-19-7-11(8-20-16)14-6-15(24-9-13-5-12(24)10-25-13)22-17(21-14)23-3-1-2-4-23/h6-8,13,15-17,31H,3-5,9-12H2,1-2H3,(H2,23,24,25);7-9,13,15-17H,2-6,10-12H2,1H3,(H2,22,23,24);6-8,14-15H,2-5,9-12H2,1H3,(H2,21,22,23);6-8,12-13H,1-5,9-10H2,(H2,18,19,20)/t2*13?,15?,16-,17-;14-,15-;12-,13-/m0000/s1. The number of likely N-dealkylation sites (N-methyl/N-ethyl adjacent to an activating group) is 1. The highest BCUT2D eigenvalue weighted by Crippen LogP contribution is 2.47. The van der Waals surface area contributed by atoms with Crippen molar-refractivity contribution in [3.05, 3.63) is 73.8 Å². The first-order chi connectivity index (χ1) is 55.8. The minimum Gasteiger partial charge on any atom is -0.389 e. The Bertz CT molecular complexity index is 4820. The number of morpholine rings is 2. The van der Waals surface area contributed by atoms with Crippen molar-refractivity contribution in [1.82, 2.24) is 94.4 Å². The fourth-order valence-corrected chi connectivity index (χ4v) is 20.6. The molecular formula is C80H105N31O4. The predicted octanol–water partition coefficient (Wildman–Crippen LogP) is 4.04. The smallest absolute Gasteiger partial charge is 0.228 e. The number of aliphatic hydroxyl groups is 1. The molecule has 1 spiro atoms. The van der Waals surface area contributed by atoms with Crippen molar-refractivity contribution in [3.63, 3.8) is 0 Å². The van der Waals surface area contributed by atoms with Crippen LogP contribution in [0.25, 0.3) is 45.0 Å². The number of hydrogen-bond donors (Lipinski definition) is 5. The third-order valence-corrected chi connectivity index (χ3v) is 26.8. The van der Waals surface area contributed by atoms with E-state index in [0.29, 0.717) is 72.6 Å². The van der Waals surface area contributed by atoms with Crippen molar-refractivity contribution in [2.75, 3.05) is 194 Å². The van der Waals surface area contributed by atoms with Gasteiger partial charge in [-0.3, -0.25) is 14.7 Å². The van der Waals surface area contributed by atoms with Gasteiger partial charge in [0, 0.05) is 231 Å². The van der Waals surface area contributed by atoms with Crippen molar-refractivity contribution in [1.29, 1.82) is 0 Å². The van der Waals surface area contributed by atoms with Crippen LogP contribution in [0.3, 0.4) is 0 Å². The Balaban J connectivity index is 0.0000000994. The number of rotatable bonds is 17. The van der Waals surface area contributed by atoms with Crippen LogP contribution in [0.15, 0.2) is 73.8 Å². The molecule has 0 unspecified atom stereocenters. The average Bonchev–Trinajstić information content (AvgIpc) is 1.71. The summed E-state index contributed by atoms with van der Waals surface area (Å²) in [5.74, 6) is 9.90. The number of likely N-dealkylation sites (tertiary alicyclic amines) is 3. The summed E-state index contributed by atoms with van der Waals surface area (Å²) in [5, 5.41) is 10.3. The molecular weight excluding hydrogens is 1460 g/mol. The minimum absolute atomic E-state index is 0.266. The van der Waals surface area contributed by atoms with Gasteiger partial charge in [0.25, 0.3) is 0 Å². The van der Waals surface area contributed by atoms with Crippen molar-refractivity contribution < 1.29 is 19.3 Å². The molecule has 0 aromatic carbocycles. The third kappa shape index (κ3) is 14.7. The molecule has 2 saturated carbocycles. The average molecular weight is 1560 g/mol. The lowest BCUT2D eigenvalue weighted by atomic mass is 9.86. The zero-order valence-electron chi connectivity index (χ0n) is 66.1. The van der Waals surface area contributed by atoms with Crippen LogP contribution in [0, 0.1) is 11.8 Å². The van der Waals surface area contributed by atoms with Crippen LogP contribution in [0.2, 0.25) is 0 Å². The lowest BCUT2D eigenvalue weighted by Gasteiger charge is -2.52.